The lowest BCUT2D eigenvalue weighted by Crippen LogP contribution is -2.40. The van der Waals surface area contributed by atoms with Gasteiger partial charge >= 0.3 is 0 Å². The maximum atomic E-state index is 13.6. The van der Waals surface area contributed by atoms with Gasteiger partial charge in [0.05, 0.1) is 6.61 Å². The summed E-state index contributed by atoms with van der Waals surface area (Å²) in [5, 5.41) is 13.3. The molecule has 1 heterocycles. The number of aliphatic hydroxyl groups excluding tert-OH is 1. The monoisotopic (exact) mass is 261 g/mol. The number of hydrogen-bond acceptors (Lipinski definition) is 4. The number of halogens is 1. The fraction of sp³-hybridized carbons (Fsp3) is 0.429. The summed E-state index contributed by atoms with van der Waals surface area (Å²) in [6.45, 7) is 0.837. The third-order valence-electron chi connectivity index (χ3n) is 4.00. The molecule has 19 heavy (non-hydrogen) atoms. The fourth-order valence-electron chi connectivity index (χ4n) is 2.53. The molecule has 0 bridgehead atoms. The number of aliphatic hydroxyl groups is 1. The van der Waals surface area contributed by atoms with Crippen molar-refractivity contribution in [2.75, 3.05) is 18.5 Å². The molecule has 1 aromatic carbocycles. The van der Waals surface area contributed by atoms with Crippen LogP contribution < -0.4 is 5.32 Å². The van der Waals surface area contributed by atoms with Crippen LogP contribution in [-0.4, -0.2) is 28.2 Å². The average Bonchev–Trinajstić information content (AvgIpc) is 2.39. The summed E-state index contributed by atoms with van der Waals surface area (Å²) < 4.78 is 13.6. The Kier molecular flexibility index (Phi) is 3.06. The van der Waals surface area contributed by atoms with Gasteiger partial charge in [0.2, 0.25) is 0 Å². The summed E-state index contributed by atoms with van der Waals surface area (Å²) >= 11 is 0. The van der Waals surface area contributed by atoms with Gasteiger partial charge in [-0.05, 0) is 25.0 Å². The predicted molar refractivity (Wildman–Crippen MR) is 71.4 cm³/mol. The highest BCUT2D eigenvalue weighted by Gasteiger charge is 2.36. The minimum absolute atomic E-state index is 0.0371. The number of anilines is 1. The summed E-state index contributed by atoms with van der Waals surface area (Å²) in [5.74, 6) is 0.285. The van der Waals surface area contributed by atoms with Crippen molar-refractivity contribution < 1.29 is 9.50 Å². The first kappa shape index (κ1) is 12.3. The summed E-state index contributed by atoms with van der Waals surface area (Å²) in [6.07, 6.45) is 4.56. The highest BCUT2D eigenvalue weighted by molar-refractivity contribution is 5.89. The highest BCUT2D eigenvalue weighted by atomic mass is 19.1. The Morgan fingerprint density at radius 2 is 2.16 bits per heavy atom. The van der Waals surface area contributed by atoms with Crippen molar-refractivity contribution >= 4 is 16.7 Å². The van der Waals surface area contributed by atoms with Crippen LogP contribution in [0.25, 0.3) is 10.9 Å². The van der Waals surface area contributed by atoms with Gasteiger partial charge in [-0.1, -0.05) is 12.5 Å². The van der Waals surface area contributed by atoms with Gasteiger partial charge in [0.1, 0.15) is 23.5 Å². The fourth-order valence-corrected chi connectivity index (χ4v) is 2.53. The van der Waals surface area contributed by atoms with E-state index in [4.69, 9.17) is 0 Å². The van der Waals surface area contributed by atoms with E-state index < -0.39 is 0 Å². The van der Waals surface area contributed by atoms with Crippen molar-refractivity contribution in [2.45, 2.75) is 19.3 Å². The van der Waals surface area contributed by atoms with Gasteiger partial charge in [0.25, 0.3) is 0 Å². The Morgan fingerprint density at radius 3 is 2.84 bits per heavy atom. The molecule has 2 N–H and O–H groups in total. The summed E-state index contributed by atoms with van der Waals surface area (Å²) in [6, 6.07) is 4.84. The molecule has 0 amide bonds. The number of aromatic nitrogens is 2. The van der Waals surface area contributed by atoms with Crippen molar-refractivity contribution in [3.63, 3.8) is 0 Å². The number of fused-ring (bicyclic) bond motifs is 1. The van der Waals surface area contributed by atoms with Gasteiger partial charge in [0, 0.05) is 17.3 Å². The number of nitrogens with one attached hydrogen (secondary N) is 1. The van der Waals surface area contributed by atoms with E-state index in [0.717, 1.165) is 19.3 Å². The van der Waals surface area contributed by atoms with Gasteiger partial charge in [-0.15, -0.1) is 0 Å². The third-order valence-corrected chi connectivity index (χ3v) is 4.00. The summed E-state index contributed by atoms with van der Waals surface area (Å²) in [5.41, 5.74) is 0.289. The lowest BCUT2D eigenvalue weighted by Gasteiger charge is -2.40. The molecule has 3 rings (SSSR count). The largest absolute Gasteiger partial charge is 0.396 e. The first-order chi connectivity index (χ1) is 9.24. The Labute approximate surface area is 110 Å². The molecular formula is C14H16FN3O. The first-order valence-corrected chi connectivity index (χ1v) is 6.48. The van der Waals surface area contributed by atoms with Crippen LogP contribution in [-0.2, 0) is 0 Å². The normalized spacial score (nSPS) is 17.2. The van der Waals surface area contributed by atoms with Crippen LogP contribution in [0.15, 0.2) is 24.5 Å². The SMILES string of the molecule is OCC1(CNc2ncnc3c(F)cccc23)CCC1. The maximum absolute atomic E-state index is 13.6. The number of nitrogens with zero attached hydrogens (tertiary/aromatic N) is 2. The molecule has 0 spiro atoms. The molecule has 0 aliphatic heterocycles. The summed E-state index contributed by atoms with van der Waals surface area (Å²) in [4.78, 5) is 8.14. The second-order valence-corrected chi connectivity index (χ2v) is 5.22. The second kappa shape index (κ2) is 4.74. The Balaban J connectivity index is 1.87. The molecule has 1 fully saturated rings. The zero-order chi connectivity index (χ0) is 13.3. The van der Waals surface area contributed by atoms with E-state index >= 15 is 0 Å². The first-order valence-electron chi connectivity index (χ1n) is 6.48. The predicted octanol–water partition coefficient (Wildman–Crippen LogP) is 2.34. The molecule has 5 heteroatoms. The quantitative estimate of drug-likeness (QED) is 0.887. The van der Waals surface area contributed by atoms with E-state index in [1.54, 1.807) is 12.1 Å². The molecule has 0 radical (unpaired) electrons. The number of para-hydroxylation sites is 1. The second-order valence-electron chi connectivity index (χ2n) is 5.22. The molecule has 0 saturated heterocycles. The Morgan fingerprint density at radius 1 is 1.32 bits per heavy atom. The molecule has 1 aromatic heterocycles. The van der Waals surface area contributed by atoms with Crippen LogP contribution in [0.3, 0.4) is 0 Å². The minimum atomic E-state index is -0.344. The Bertz CT molecular complexity index is 593. The van der Waals surface area contributed by atoms with Crippen LogP contribution in [0.5, 0.6) is 0 Å². The maximum Gasteiger partial charge on any atom is 0.149 e. The van der Waals surface area contributed by atoms with Gasteiger partial charge in [0.15, 0.2) is 0 Å². The lowest BCUT2D eigenvalue weighted by molar-refractivity contribution is 0.0576. The molecule has 1 aliphatic carbocycles. The van der Waals surface area contributed by atoms with Crippen molar-refractivity contribution in [3.8, 4) is 0 Å². The van der Waals surface area contributed by atoms with E-state index in [0.29, 0.717) is 23.3 Å². The molecule has 1 saturated carbocycles. The molecular weight excluding hydrogens is 245 g/mol. The third kappa shape index (κ3) is 2.14. The highest BCUT2D eigenvalue weighted by Crippen LogP contribution is 2.40. The van der Waals surface area contributed by atoms with Crippen LogP contribution in [0.4, 0.5) is 10.2 Å². The molecule has 0 atom stereocenters. The molecule has 0 unspecified atom stereocenters. The lowest BCUT2D eigenvalue weighted by atomic mass is 9.69. The van der Waals surface area contributed by atoms with Gasteiger partial charge in [-0.25, -0.2) is 14.4 Å². The minimum Gasteiger partial charge on any atom is -0.396 e. The van der Waals surface area contributed by atoms with Crippen molar-refractivity contribution in [1.82, 2.24) is 9.97 Å². The van der Waals surface area contributed by atoms with Crippen LogP contribution >= 0.6 is 0 Å². The van der Waals surface area contributed by atoms with Gasteiger partial charge in [-0.3, -0.25) is 0 Å². The average molecular weight is 261 g/mol. The topological polar surface area (TPSA) is 58.0 Å². The molecule has 4 nitrogen and oxygen atoms in total. The van der Waals surface area contributed by atoms with Gasteiger partial charge in [-0.2, -0.15) is 0 Å². The summed E-state index contributed by atoms with van der Waals surface area (Å²) in [7, 11) is 0. The van der Waals surface area contributed by atoms with Gasteiger partial charge < -0.3 is 10.4 Å². The van der Waals surface area contributed by atoms with E-state index in [2.05, 4.69) is 15.3 Å². The molecule has 1 aliphatic rings. The van der Waals surface area contributed by atoms with Crippen LogP contribution in [0.2, 0.25) is 0 Å². The van der Waals surface area contributed by atoms with E-state index in [1.807, 2.05) is 0 Å². The van der Waals surface area contributed by atoms with E-state index in [1.165, 1.54) is 12.4 Å². The van der Waals surface area contributed by atoms with Crippen LogP contribution in [0, 0.1) is 11.2 Å². The smallest absolute Gasteiger partial charge is 0.149 e. The number of benzene rings is 1. The Hall–Kier alpha value is -1.75. The zero-order valence-electron chi connectivity index (χ0n) is 10.6. The van der Waals surface area contributed by atoms with E-state index in [-0.39, 0.29) is 17.8 Å². The molecule has 100 valence electrons. The number of hydrogen-bond donors (Lipinski definition) is 2. The molecule has 2 aromatic rings. The van der Waals surface area contributed by atoms with Crippen molar-refractivity contribution in [2.24, 2.45) is 5.41 Å². The van der Waals surface area contributed by atoms with Crippen molar-refractivity contribution in [3.05, 3.63) is 30.3 Å². The zero-order valence-corrected chi connectivity index (χ0v) is 10.6. The number of rotatable bonds is 4. The standard InChI is InChI=1S/C14H16FN3O/c15-11-4-1-3-10-12(11)17-9-18-13(10)16-7-14(8-19)5-2-6-14/h1,3-4,9,19H,2,5-8H2,(H,16,17,18). The van der Waals surface area contributed by atoms with Crippen LogP contribution in [0.1, 0.15) is 19.3 Å². The van der Waals surface area contributed by atoms with Crippen molar-refractivity contribution in [1.29, 1.82) is 0 Å². The van der Waals surface area contributed by atoms with E-state index in [9.17, 15) is 9.50 Å².